The minimum Gasteiger partial charge on any atom is -0.477 e. The Morgan fingerprint density at radius 3 is 2.33 bits per heavy atom. The second-order valence-corrected chi connectivity index (χ2v) is 4.44. The van der Waals surface area contributed by atoms with Crippen molar-refractivity contribution in [2.24, 2.45) is 0 Å². The Hall–Kier alpha value is -1.91. The minimum atomic E-state index is -1.14. The Bertz CT molecular complexity index is 453. The van der Waals surface area contributed by atoms with Gasteiger partial charge in [-0.25, -0.2) is 9.78 Å². The Morgan fingerprint density at radius 1 is 1.28 bits per heavy atom. The van der Waals surface area contributed by atoms with E-state index in [1.807, 2.05) is 20.8 Å². The second-order valence-electron chi connectivity index (χ2n) is 4.44. The van der Waals surface area contributed by atoms with Crippen LogP contribution in [-0.2, 0) is 0 Å². The summed E-state index contributed by atoms with van der Waals surface area (Å²) >= 11 is 0. The van der Waals surface area contributed by atoms with Crippen LogP contribution in [0.4, 0.5) is 0 Å². The smallest absolute Gasteiger partial charge is 0.354 e. The van der Waals surface area contributed by atoms with E-state index in [4.69, 9.17) is 5.11 Å². The summed E-state index contributed by atoms with van der Waals surface area (Å²) in [6.45, 7) is 5.93. The number of nitrogens with one attached hydrogen (secondary N) is 1. The van der Waals surface area contributed by atoms with Gasteiger partial charge in [-0.1, -0.05) is 19.9 Å². The molecule has 0 saturated heterocycles. The van der Waals surface area contributed by atoms with Crippen molar-refractivity contribution in [3.63, 3.8) is 0 Å². The van der Waals surface area contributed by atoms with Gasteiger partial charge >= 0.3 is 5.97 Å². The van der Waals surface area contributed by atoms with Gasteiger partial charge in [0.15, 0.2) is 0 Å². The molecular weight excluding hydrogens is 232 g/mol. The number of carboxylic acids is 1. The first-order valence-electron chi connectivity index (χ1n) is 5.94. The summed E-state index contributed by atoms with van der Waals surface area (Å²) in [5.74, 6) is -1.48. The van der Waals surface area contributed by atoms with Crippen molar-refractivity contribution in [1.82, 2.24) is 10.3 Å². The van der Waals surface area contributed by atoms with Gasteiger partial charge in [-0.3, -0.25) is 4.79 Å². The lowest BCUT2D eigenvalue weighted by Gasteiger charge is -2.28. The molecule has 0 aliphatic rings. The normalized spacial score (nSPS) is 11.1. The summed E-state index contributed by atoms with van der Waals surface area (Å²) in [5.41, 5.74) is -0.293. The molecule has 0 bridgehead atoms. The maximum atomic E-state index is 12.0. The summed E-state index contributed by atoms with van der Waals surface area (Å²) in [5, 5.41) is 11.7. The molecule has 0 fully saturated rings. The highest BCUT2D eigenvalue weighted by molar-refractivity contribution is 5.94. The Kier molecular flexibility index (Phi) is 4.42. The number of carbonyl (C=O) groups excluding carboxylic acids is 1. The SMILES string of the molecule is CCC(C)(CC)NC(=O)c1cccc(C(=O)O)n1. The highest BCUT2D eigenvalue weighted by Crippen LogP contribution is 2.14. The summed E-state index contributed by atoms with van der Waals surface area (Å²) < 4.78 is 0. The number of aromatic nitrogens is 1. The fourth-order valence-corrected chi connectivity index (χ4v) is 1.45. The number of nitrogens with zero attached hydrogens (tertiary/aromatic N) is 1. The lowest BCUT2D eigenvalue weighted by atomic mass is 9.95. The molecule has 0 saturated carbocycles. The molecular formula is C13H18N2O3. The van der Waals surface area contributed by atoms with Crippen LogP contribution in [-0.4, -0.2) is 27.5 Å². The van der Waals surface area contributed by atoms with Crippen LogP contribution in [0.2, 0.25) is 0 Å². The fraction of sp³-hybridized carbons (Fsp3) is 0.462. The van der Waals surface area contributed by atoms with Crippen molar-refractivity contribution in [2.75, 3.05) is 0 Å². The van der Waals surface area contributed by atoms with E-state index >= 15 is 0 Å². The fourth-order valence-electron chi connectivity index (χ4n) is 1.45. The molecule has 0 unspecified atom stereocenters. The van der Waals surface area contributed by atoms with Crippen LogP contribution < -0.4 is 5.32 Å². The second kappa shape index (κ2) is 5.62. The van der Waals surface area contributed by atoms with Gasteiger partial charge in [-0.05, 0) is 31.9 Å². The summed E-state index contributed by atoms with van der Waals surface area (Å²) in [6.07, 6.45) is 1.60. The molecule has 1 rings (SSSR count). The lowest BCUT2D eigenvalue weighted by molar-refractivity contribution is 0.0690. The van der Waals surface area contributed by atoms with E-state index in [0.717, 1.165) is 12.8 Å². The van der Waals surface area contributed by atoms with E-state index in [-0.39, 0.29) is 22.8 Å². The van der Waals surface area contributed by atoms with Crippen LogP contribution >= 0.6 is 0 Å². The third-order valence-electron chi connectivity index (χ3n) is 3.18. The van der Waals surface area contributed by atoms with Crippen LogP contribution in [0.1, 0.15) is 54.6 Å². The van der Waals surface area contributed by atoms with E-state index in [2.05, 4.69) is 10.3 Å². The van der Waals surface area contributed by atoms with E-state index in [0.29, 0.717) is 0 Å². The largest absolute Gasteiger partial charge is 0.477 e. The molecule has 18 heavy (non-hydrogen) atoms. The molecule has 1 amide bonds. The first-order valence-corrected chi connectivity index (χ1v) is 5.94. The number of hydrogen-bond donors (Lipinski definition) is 2. The van der Waals surface area contributed by atoms with Crippen LogP contribution in [0, 0.1) is 0 Å². The number of amides is 1. The van der Waals surface area contributed by atoms with Crippen molar-refractivity contribution in [3.05, 3.63) is 29.6 Å². The molecule has 1 aromatic heterocycles. The highest BCUT2D eigenvalue weighted by Gasteiger charge is 2.23. The number of rotatable bonds is 5. The summed E-state index contributed by atoms with van der Waals surface area (Å²) in [4.78, 5) is 26.6. The quantitative estimate of drug-likeness (QED) is 0.838. The van der Waals surface area contributed by atoms with Crippen molar-refractivity contribution in [1.29, 1.82) is 0 Å². The molecule has 0 aliphatic carbocycles. The van der Waals surface area contributed by atoms with Crippen molar-refractivity contribution in [2.45, 2.75) is 39.2 Å². The van der Waals surface area contributed by atoms with Crippen molar-refractivity contribution >= 4 is 11.9 Å². The predicted molar refractivity (Wildman–Crippen MR) is 67.6 cm³/mol. The number of aromatic carboxylic acids is 1. The molecule has 1 heterocycles. The van der Waals surface area contributed by atoms with E-state index in [1.165, 1.54) is 18.2 Å². The molecule has 2 N–H and O–H groups in total. The predicted octanol–water partition coefficient (Wildman–Crippen LogP) is 2.09. The average molecular weight is 250 g/mol. The van der Waals surface area contributed by atoms with Crippen LogP contribution in [0.5, 0.6) is 0 Å². The lowest BCUT2D eigenvalue weighted by Crippen LogP contribution is -2.45. The third-order valence-corrected chi connectivity index (χ3v) is 3.18. The number of carbonyl (C=O) groups is 2. The number of hydrogen-bond acceptors (Lipinski definition) is 3. The monoisotopic (exact) mass is 250 g/mol. The number of carboxylic acid groups (broad SMARTS) is 1. The molecule has 0 radical (unpaired) electrons. The van der Waals surface area contributed by atoms with Gasteiger partial charge in [0, 0.05) is 5.54 Å². The number of pyridine rings is 1. The maximum Gasteiger partial charge on any atom is 0.354 e. The zero-order chi connectivity index (χ0) is 13.8. The van der Waals surface area contributed by atoms with Gasteiger partial charge in [0.05, 0.1) is 0 Å². The van der Waals surface area contributed by atoms with Crippen LogP contribution in [0.15, 0.2) is 18.2 Å². The molecule has 1 aromatic rings. The van der Waals surface area contributed by atoms with Crippen LogP contribution in [0.3, 0.4) is 0 Å². The maximum absolute atomic E-state index is 12.0. The Morgan fingerprint density at radius 2 is 1.83 bits per heavy atom. The molecule has 98 valence electrons. The zero-order valence-corrected chi connectivity index (χ0v) is 10.9. The molecule has 5 nitrogen and oxygen atoms in total. The van der Waals surface area contributed by atoms with E-state index in [9.17, 15) is 9.59 Å². The van der Waals surface area contributed by atoms with E-state index in [1.54, 1.807) is 0 Å². The topological polar surface area (TPSA) is 79.3 Å². The molecule has 0 atom stereocenters. The summed E-state index contributed by atoms with van der Waals surface area (Å²) in [7, 11) is 0. The molecule has 0 spiro atoms. The standard InChI is InChI=1S/C13H18N2O3/c1-4-13(3,5-2)15-11(16)9-7-6-8-10(14-9)12(17)18/h6-8H,4-5H2,1-3H3,(H,15,16)(H,17,18). The first kappa shape index (κ1) is 14.2. The Balaban J connectivity index is 2.91. The van der Waals surface area contributed by atoms with Crippen LogP contribution in [0.25, 0.3) is 0 Å². The zero-order valence-electron chi connectivity index (χ0n) is 10.9. The van der Waals surface area contributed by atoms with Crippen molar-refractivity contribution in [3.8, 4) is 0 Å². The van der Waals surface area contributed by atoms with Gasteiger partial charge in [0.1, 0.15) is 11.4 Å². The van der Waals surface area contributed by atoms with E-state index < -0.39 is 5.97 Å². The van der Waals surface area contributed by atoms with Gasteiger partial charge < -0.3 is 10.4 Å². The van der Waals surface area contributed by atoms with Gasteiger partial charge in [-0.2, -0.15) is 0 Å². The van der Waals surface area contributed by atoms with Gasteiger partial charge in [-0.15, -0.1) is 0 Å². The molecule has 0 aromatic carbocycles. The van der Waals surface area contributed by atoms with Crippen molar-refractivity contribution < 1.29 is 14.7 Å². The molecule has 5 heteroatoms. The molecule has 0 aliphatic heterocycles. The average Bonchev–Trinajstić information content (AvgIpc) is 2.38. The van der Waals surface area contributed by atoms with Gasteiger partial charge in [0.2, 0.25) is 0 Å². The third kappa shape index (κ3) is 3.29. The Labute approximate surface area is 106 Å². The summed E-state index contributed by atoms with van der Waals surface area (Å²) in [6, 6.07) is 4.38. The first-order chi connectivity index (χ1) is 8.41. The minimum absolute atomic E-state index is 0.127. The van der Waals surface area contributed by atoms with Gasteiger partial charge in [0.25, 0.3) is 5.91 Å². The highest BCUT2D eigenvalue weighted by atomic mass is 16.4.